The van der Waals surface area contributed by atoms with Gasteiger partial charge in [-0.25, -0.2) is 9.37 Å². The lowest BCUT2D eigenvalue weighted by atomic mass is 10.2. The summed E-state index contributed by atoms with van der Waals surface area (Å²) < 4.78 is 13.1. The number of nitrogens with zero attached hydrogens (tertiary/aromatic N) is 4. The van der Waals surface area contributed by atoms with Gasteiger partial charge in [-0.3, -0.25) is 4.90 Å². The van der Waals surface area contributed by atoms with Crippen LogP contribution in [0.5, 0.6) is 0 Å². The van der Waals surface area contributed by atoms with E-state index in [9.17, 15) is 4.39 Å². The van der Waals surface area contributed by atoms with Crippen LogP contribution in [-0.2, 0) is 6.54 Å². The highest BCUT2D eigenvalue weighted by Gasteiger charge is 2.19. The van der Waals surface area contributed by atoms with E-state index in [0.29, 0.717) is 16.6 Å². The van der Waals surface area contributed by atoms with Gasteiger partial charge in [0.15, 0.2) is 5.69 Å². The van der Waals surface area contributed by atoms with E-state index in [1.807, 2.05) is 12.1 Å². The van der Waals surface area contributed by atoms with Crippen molar-refractivity contribution in [1.82, 2.24) is 9.88 Å². The molecule has 3 rings (SSSR count). The van der Waals surface area contributed by atoms with Gasteiger partial charge in [0.1, 0.15) is 17.7 Å². The summed E-state index contributed by atoms with van der Waals surface area (Å²) in [6.45, 7) is 3.93. The molecule has 1 aromatic heterocycles. The molecule has 24 heavy (non-hydrogen) atoms. The lowest BCUT2D eigenvalue weighted by Gasteiger charge is -2.35. The van der Waals surface area contributed by atoms with Crippen LogP contribution in [0.4, 0.5) is 10.2 Å². The number of aromatic nitrogens is 1. The molecule has 1 aliphatic rings. The van der Waals surface area contributed by atoms with E-state index < -0.39 is 0 Å². The quantitative estimate of drug-likeness (QED) is 0.832. The van der Waals surface area contributed by atoms with Crippen molar-refractivity contribution < 1.29 is 4.39 Å². The van der Waals surface area contributed by atoms with Crippen LogP contribution >= 0.6 is 23.2 Å². The van der Waals surface area contributed by atoms with Gasteiger partial charge >= 0.3 is 0 Å². The summed E-state index contributed by atoms with van der Waals surface area (Å²) >= 11 is 12.0. The fourth-order valence-corrected chi connectivity index (χ4v) is 3.09. The van der Waals surface area contributed by atoms with Crippen molar-refractivity contribution in [3.8, 4) is 6.07 Å². The summed E-state index contributed by atoms with van der Waals surface area (Å²) in [7, 11) is 0. The fraction of sp³-hybridized carbons (Fsp3) is 0.294. The van der Waals surface area contributed by atoms with Crippen LogP contribution in [0.15, 0.2) is 30.3 Å². The number of rotatable bonds is 3. The molecule has 2 heterocycles. The van der Waals surface area contributed by atoms with Crippen LogP contribution in [0.25, 0.3) is 0 Å². The Labute approximate surface area is 150 Å². The normalized spacial score (nSPS) is 15.3. The highest BCUT2D eigenvalue weighted by molar-refractivity contribution is 6.31. The molecule has 1 saturated heterocycles. The first kappa shape index (κ1) is 17.0. The molecule has 0 spiro atoms. The Morgan fingerprint density at radius 2 is 1.83 bits per heavy atom. The Kier molecular flexibility index (Phi) is 5.20. The van der Waals surface area contributed by atoms with Gasteiger partial charge in [-0.15, -0.1) is 0 Å². The summed E-state index contributed by atoms with van der Waals surface area (Å²) in [5.41, 5.74) is 1.16. The molecule has 0 amide bonds. The minimum atomic E-state index is -0.323. The molecular weight excluding hydrogens is 350 g/mol. The third kappa shape index (κ3) is 3.78. The zero-order valence-corrected chi connectivity index (χ0v) is 14.4. The van der Waals surface area contributed by atoms with Gasteiger partial charge in [-0.05, 0) is 29.8 Å². The third-order valence-corrected chi connectivity index (χ3v) is 4.70. The van der Waals surface area contributed by atoms with Crippen molar-refractivity contribution in [2.75, 3.05) is 31.1 Å². The summed E-state index contributed by atoms with van der Waals surface area (Å²) in [4.78, 5) is 8.68. The molecule has 7 heteroatoms. The van der Waals surface area contributed by atoms with E-state index >= 15 is 0 Å². The smallest absolute Gasteiger partial charge is 0.161 e. The molecule has 2 aromatic rings. The molecule has 0 saturated carbocycles. The average molecular weight is 365 g/mol. The monoisotopic (exact) mass is 364 g/mol. The maximum absolute atomic E-state index is 13.1. The van der Waals surface area contributed by atoms with Crippen molar-refractivity contribution in [3.63, 3.8) is 0 Å². The summed E-state index contributed by atoms with van der Waals surface area (Å²) in [5, 5.41) is 9.85. The Morgan fingerprint density at radius 3 is 2.50 bits per heavy atom. The Balaban J connectivity index is 1.62. The average Bonchev–Trinajstić information content (AvgIpc) is 2.58. The number of benzene rings is 1. The molecule has 1 fully saturated rings. The standard InChI is InChI=1S/C17H15Cl2FN4/c18-14-3-4-17(22-16(14)10-21)24-7-5-23(6-8-24)11-12-1-2-13(20)9-15(12)19/h1-4,9H,5-8,11H2. The van der Waals surface area contributed by atoms with Crippen LogP contribution in [0, 0.1) is 17.1 Å². The number of halogens is 3. The Bertz CT molecular complexity index is 783. The SMILES string of the molecule is N#Cc1nc(N2CCN(Cc3ccc(F)cc3Cl)CC2)ccc1Cl. The maximum Gasteiger partial charge on any atom is 0.161 e. The summed E-state index contributed by atoms with van der Waals surface area (Å²) in [6, 6.07) is 10.0. The van der Waals surface area contributed by atoms with Crippen LogP contribution in [0.2, 0.25) is 10.0 Å². The highest BCUT2D eigenvalue weighted by atomic mass is 35.5. The maximum atomic E-state index is 13.1. The van der Waals surface area contributed by atoms with Crippen molar-refractivity contribution in [3.05, 3.63) is 57.5 Å². The van der Waals surface area contributed by atoms with E-state index in [-0.39, 0.29) is 11.5 Å². The lowest BCUT2D eigenvalue weighted by Crippen LogP contribution is -2.46. The fourth-order valence-electron chi connectivity index (χ4n) is 2.71. The summed E-state index contributed by atoms with van der Waals surface area (Å²) in [5.74, 6) is 0.436. The van der Waals surface area contributed by atoms with Gasteiger partial charge in [-0.1, -0.05) is 29.3 Å². The van der Waals surface area contributed by atoms with Crippen molar-refractivity contribution in [2.45, 2.75) is 6.54 Å². The Hall–Kier alpha value is -1.87. The van der Waals surface area contributed by atoms with Crippen molar-refractivity contribution in [1.29, 1.82) is 5.26 Å². The van der Waals surface area contributed by atoms with Crippen molar-refractivity contribution in [2.24, 2.45) is 0 Å². The molecule has 0 bridgehead atoms. The number of piperazine rings is 1. The van der Waals surface area contributed by atoms with Crippen LogP contribution < -0.4 is 4.90 Å². The topological polar surface area (TPSA) is 43.2 Å². The van der Waals surface area contributed by atoms with Gasteiger partial charge in [0.2, 0.25) is 0 Å². The van der Waals surface area contributed by atoms with Gasteiger partial charge in [0, 0.05) is 37.7 Å². The molecule has 0 N–H and O–H groups in total. The second kappa shape index (κ2) is 7.35. The van der Waals surface area contributed by atoms with E-state index in [4.69, 9.17) is 28.5 Å². The van der Waals surface area contributed by atoms with E-state index in [1.165, 1.54) is 12.1 Å². The van der Waals surface area contributed by atoms with Crippen LogP contribution in [0.3, 0.4) is 0 Å². The number of nitriles is 1. The third-order valence-electron chi connectivity index (χ3n) is 4.04. The van der Waals surface area contributed by atoms with Gasteiger partial charge in [0.05, 0.1) is 5.02 Å². The minimum absolute atomic E-state index is 0.245. The first-order chi connectivity index (χ1) is 11.6. The number of hydrogen-bond donors (Lipinski definition) is 0. The van der Waals surface area contributed by atoms with Crippen LogP contribution in [0.1, 0.15) is 11.3 Å². The largest absolute Gasteiger partial charge is 0.354 e. The van der Waals surface area contributed by atoms with E-state index in [1.54, 1.807) is 12.1 Å². The molecular formula is C17H15Cl2FN4. The molecule has 124 valence electrons. The van der Waals surface area contributed by atoms with Gasteiger partial charge in [0.25, 0.3) is 0 Å². The van der Waals surface area contributed by atoms with E-state index in [0.717, 1.165) is 37.6 Å². The van der Waals surface area contributed by atoms with E-state index in [2.05, 4.69) is 14.8 Å². The predicted octanol–water partition coefficient (Wildman–Crippen LogP) is 3.72. The molecule has 1 aromatic carbocycles. The first-order valence-corrected chi connectivity index (χ1v) is 8.30. The number of pyridine rings is 1. The zero-order chi connectivity index (χ0) is 17.1. The molecule has 0 atom stereocenters. The second-order valence-corrected chi connectivity index (χ2v) is 6.43. The number of hydrogen-bond acceptors (Lipinski definition) is 4. The Morgan fingerprint density at radius 1 is 1.08 bits per heavy atom. The molecule has 1 aliphatic heterocycles. The predicted molar refractivity (Wildman–Crippen MR) is 92.9 cm³/mol. The van der Waals surface area contributed by atoms with Crippen molar-refractivity contribution >= 4 is 29.0 Å². The first-order valence-electron chi connectivity index (χ1n) is 7.54. The molecule has 0 aliphatic carbocycles. The zero-order valence-electron chi connectivity index (χ0n) is 12.8. The van der Waals surface area contributed by atoms with Gasteiger partial charge in [-0.2, -0.15) is 5.26 Å². The summed E-state index contributed by atoms with van der Waals surface area (Å²) in [6.07, 6.45) is 0. The minimum Gasteiger partial charge on any atom is -0.354 e. The molecule has 0 radical (unpaired) electrons. The number of anilines is 1. The molecule has 0 unspecified atom stereocenters. The molecule has 4 nitrogen and oxygen atoms in total. The highest BCUT2D eigenvalue weighted by Crippen LogP contribution is 2.22. The van der Waals surface area contributed by atoms with Crippen LogP contribution in [-0.4, -0.2) is 36.1 Å². The second-order valence-electron chi connectivity index (χ2n) is 5.61. The lowest BCUT2D eigenvalue weighted by molar-refractivity contribution is 0.249. The van der Waals surface area contributed by atoms with Gasteiger partial charge < -0.3 is 4.90 Å².